The lowest BCUT2D eigenvalue weighted by Crippen LogP contribution is -3.08. The van der Waals surface area contributed by atoms with Crippen molar-refractivity contribution in [3.63, 3.8) is 0 Å². The summed E-state index contributed by atoms with van der Waals surface area (Å²) >= 11 is 0. The van der Waals surface area contributed by atoms with Gasteiger partial charge in [0, 0.05) is 30.9 Å². The number of para-hydroxylation sites is 1. The number of amides is 3. The molecule has 0 radical (unpaired) electrons. The SMILES string of the molecule is CNC(=O)c1ccc(C[NH+](C)CC(=O)N(C)CC(=O)Nc2c(C)cccc2C)cc1. The highest BCUT2D eigenvalue weighted by atomic mass is 16.2. The van der Waals surface area contributed by atoms with Crippen molar-refractivity contribution >= 4 is 23.4 Å². The van der Waals surface area contributed by atoms with Gasteiger partial charge in [-0.3, -0.25) is 14.4 Å². The molecule has 7 heteroatoms. The third-order valence-corrected chi connectivity index (χ3v) is 4.95. The molecule has 0 heterocycles. The first-order chi connectivity index (χ1) is 14.2. The number of rotatable bonds is 8. The van der Waals surface area contributed by atoms with Crippen LogP contribution in [0, 0.1) is 13.8 Å². The van der Waals surface area contributed by atoms with Crippen molar-refractivity contribution in [3.8, 4) is 0 Å². The van der Waals surface area contributed by atoms with Crippen LogP contribution in [0.25, 0.3) is 0 Å². The van der Waals surface area contributed by atoms with Crippen LogP contribution in [0.15, 0.2) is 42.5 Å². The Balaban J connectivity index is 1.85. The molecule has 160 valence electrons. The Kier molecular flexibility index (Phi) is 8.12. The van der Waals surface area contributed by atoms with E-state index in [1.165, 1.54) is 4.90 Å². The zero-order valence-corrected chi connectivity index (χ0v) is 18.3. The minimum Gasteiger partial charge on any atom is -0.355 e. The molecule has 1 atom stereocenters. The van der Waals surface area contributed by atoms with E-state index >= 15 is 0 Å². The van der Waals surface area contributed by atoms with Crippen molar-refractivity contribution in [3.05, 3.63) is 64.7 Å². The molecule has 2 rings (SSSR count). The summed E-state index contributed by atoms with van der Waals surface area (Å²) in [6.45, 7) is 4.79. The number of hydrogen-bond acceptors (Lipinski definition) is 3. The average Bonchev–Trinajstić information content (AvgIpc) is 2.70. The quantitative estimate of drug-likeness (QED) is 0.600. The van der Waals surface area contributed by atoms with Crippen molar-refractivity contribution in [2.75, 3.05) is 39.5 Å². The number of anilines is 1. The minimum atomic E-state index is -0.217. The number of nitrogens with zero attached hydrogens (tertiary/aromatic N) is 1. The number of aryl methyl sites for hydroxylation is 2. The standard InChI is InChI=1S/C23H30N4O3/c1-16-7-6-8-17(2)22(16)25-20(28)14-27(5)21(29)15-26(4)13-18-9-11-19(12-10-18)23(30)24-3/h6-12H,13-15H2,1-5H3,(H,24,30)(H,25,28)/p+1. The van der Waals surface area contributed by atoms with Crippen molar-refractivity contribution < 1.29 is 19.3 Å². The lowest BCUT2D eigenvalue weighted by atomic mass is 10.1. The number of benzene rings is 2. The average molecular weight is 412 g/mol. The van der Waals surface area contributed by atoms with E-state index in [0.29, 0.717) is 12.1 Å². The smallest absolute Gasteiger partial charge is 0.277 e. The van der Waals surface area contributed by atoms with E-state index in [1.54, 1.807) is 26.2 Å². The van der Waals surface area contributed by atoms with Crippen LogP contribution < -0.4 is 15.5 Å². The molecule has 2 aromatic rings. The van der Waals surface area contributed by atoms with Crippen LogP contribution in [0.2, 0.25) is 0 Å². The van der Waals surface area contributed by atoms with E-state index in [1.807, 2.05) is 51.2 Å². The number of quaternary nitrogens is 1. The fraction of sp³-hybridized carbons (Fsp3) is 0.348. The van der Waals surface area contributed by atoms with Gasteiger partial charge in [0.2, 0.25) is 5.91 Å². The predicted molar refractivity (Wildman–Crippen MR) is 117 cm³/mol. The highest BCUT2D eigenvalue weighted by molar-refractivity contribution is 5.96. The summed E-state index contributed by atoms with van der Waals surface area (Å²) in [4.78, 5) is 38.9. The monoisotopic (exact) mass is 411 g/mol. The van der Waals surface area contributed by atoms with Crippen LogP contribution in [-0.2, 0) is 16.1 Å². The highest BCUT2D eigenvalue weighted by Gasteiger charge is 2.18. The molecule has 0 aliphatic heterocycles. The number of carbonyl (C=O) groups excluding carboxylic acids is 3. The molecule has 3 amide bonds. The fourth-order valence-electron chi connectivity index (χ4n) is 3.22. The maximum Gasteiger partial charge on any atom is 0.277 e. The highest BCUT2D eigenvalue weighted by Crippen LogP contribution is 2.19. The van der Waals surface area contributed by atoms with Crippen molar-refractivity contribution in [2.24, 2.45) is 0 Å². The number of likely N-dealkylation sites (N-methyl/N-ethyl adjacent to an activating group) is 2. The van der Waals surface area contributed by atoms with Gasteiger partial charge < -0.3 is 20.4 Å². The van der Waals surface area contributed by atoms with Gasteiger partial charge >= 0.3 is 0 Å². The Hall–Kier alpha value is -3.19. The van der Waals surface area contributed by atoms with Crippen LogP contribution in [0.3, 0.4) is 0 Å². The second kappa shape index (κ2) is 10.5. The first-order valence-corrected chi connectivity index (χ1v) is 9.93. The third kappa shape index (κ3) is 6.42. The van der Waals surface area contributed by atoms with Gasteiger partial charge in [-0.1, -0.05) is 30.3 Å². The number of nitrogens with one attached hydrogen (secondary N) is 3. The molecule has 0 saturated carbocycles. The minimum absolute atomic E-state index is 0.000708. The summed E-state index contributed by atoms with van der Waals surface area (Å²) in [6.07, 6.45) is 0. The Labute approximate surface area is 178 Å². The Morgan fingerprint density at radius 1 is 1.00 bits per heavy atom. The van der Waals surface area contributed by atoms with Crippen LogP contribution in [0.1, 0.15) is 27.0 Å². The number of carbonyl (C=O) groups is 3. The van der Waals surface area contributed by atoms with Crippen LogP contribution >= 0.6 is 0 Å². The van der Waals surface area contributed by atoms with E-state index in [-0.39, 0.29) is 30.8 Å². The summed E-state index contributed by atoms with van der Waals surface area (Å²) in [7, 11) is 5.16. The lowest BCUT2D eigenvalue weighted by molar-refractivity contribution is -0.885. The molecule has 3 N–H and O–H groups in total. The molecule has 7 nitrogen and oxygen atoms in total. The molecule has 0 bridgehead atoms. The molecule has 0 aliphatic rings. The molecule has 1 unspecified atom stereocenters. The molecular formula is C23H31N4O3+. The second-order valence-corrected chi connectivity index (χ2v) is 7.65. The Morgan fingerprint density at radius 3 is 2.17 bits per heavy atom. The van der Waals surface area contributed by atoms with Gasteiger partial charge in [-0.2, -0.15) is 0 Å². The Morgan fingerprint density at radius 2 is 1.60 bits per heavy atom. The van der Waals surface area contributed by atoms with Crippen molar-refractivity contribution in [1.82, 2.24) is 10.2 Å². The van der Waals surface area contributed by atoms with Crippen LogP contribution in [0.4, 0.5) is 5.69 Å². The van der Waals surface area contributed by atoms with E-state index < -0.39 is 0 Å². The fourth-order valence-corrected chi connectivity index (χ4v) is 3.22. The van der Waals surface area contributed by atoms with E-state index in [9.17, 15) is 14.4 Å². The molecule has 0 spiro atoms. The molecular weight excluding hydrogens is 380 g/mol. The molecule has 30 heavy (non-hydrogen) atoms. The van der Waals surface area contributed by atoms with Crippen molar-refractivity contribution in [1.29, 1.82) is 0 Å². The second-order valence-electron chi connectivity index (χ2n) is 7.65. The largest absolute Gasteiger partial charge is 0.355 e. The third-order valence-electron chi connectivity index (χ3n) is 4.95. The predicted octanol–water partition coefficient (Wildman–Crippen LogP) is 0.775. The lowest BCUT2D eigenvalue weighted by Gasteiger charge is -2.20. The van der Waals surface area contributed by atoms with Gasteiger partial charge in [-0.15, -0.1) is 0 Å². The van der Waals surface area contributed by atoms with Gasteiger partial charge in [0.1, 0.15) is 6.54 Å². The number of hydrogen-bond donors (Lipinski definition) is 3. The summed E-state index contributed by atoms with van der Waals surface area (Å²) in [5, 5.41) is 5.49. The molecule has 0 saturated heterocycles. The zero-order chi connectivity index (χ0) is 22.3. The van der Waals surface area contributed by atoms with Crippen LogP contribution in [-0.4, -0.2) is 56.9 Å². The first kappa shape index (κ1) is 23.1. The topological polar surface area (TPSA) is 83.0 Å². The maximum absolute atomic E-state index is 12.5. The van der Waals surface area contributed by atoms with Crippen molar-refractivity contribution in [2.45, 2.75) is 20.4 Å². The maximum atomic E-state index is 12.5. The first-order valence-electron chi connectivity index (χ1n) is 9.93. The van der Waals surface area contributed by atoms with Crippen LogP contribution in [0.5, 0.6) is 0 Å². The van der Waals surface area contributed by atoms with Gasteiger partial charge in [-0.25, -0.2) is 0 Å². The van der Waals surface area contributed by atoms with Gasteiger partial charge in [0.05, 0.1) is 13.6 Å². The summed E-state index contributed by atoms with van der Waals surface area (Å²) in [6, 6.07) is 13.1. The van der Waals surface area contributed by atoms with Gasteiger partial charge in [0.15, 0.2) is 6.54 Å². The molecule has 0 aliphatic carbocycles. The zero-order valence-electron chi connectivity index (χ0n) is 18.3. The summed E-state index contributed by atoms with van der Waals surface area (Å²) < 4.78 is 0. The van der Waals surface area contributed by atoms with Gasteiger partial charge in [0.25, 0.3) is 11.8 Å². The normalized spacial score (nSPS) is 11.5. The molecule has 0 aromatic heterocycles. The summed E-state index contributed by atoms with van der Waals surface area (Å²) in [5.74, 6) is -0.449. The Bertz CT molecular complexity index is 889. The van der Waals surface area contributed by atoms with E-state index in [0.717, 1.165) is 27.3 Å². The molecule has 0 fully saturated rings. The van der Waals surface area contributed by atoms with E-state index in [4.69, 9.17) is 0 Å². The van der Waals surface area contributed by atoms with Gasteiger partial charge in [-0.05, 0) is 37.1 Å². The molecule has 2 aromatic carbocycles. The van der Waals surface area contributed by atoms with E-state index in [2.05, 4.69) is 10.6 Å². The summed E-state index contributed by atoms with van der Waals surface area (Å²) in [5.41, 5.74) is 4.41.